The second-order valence-corrected chi connectivity index (χ2v) is 3.36. The van der Waals surface area contributed by atoms with Crippen LogP contribution in [-0.4, -0.2) is 27.2 Å². The highest BCUT2D eigenvalue weighted by Gasteiger charge is 2.38. The molecule has 1 amide bonds. The lowest BCUT2D eigenvalue weighted by atomic mass is 10.3. The van der Waals surface area contributed by atoms with Gasteiger partial charge in [-0.05, 0) is 0 Å². The topological polar surface area (TPSA) is 84.2 Å². The van der Waals surface area contributed by atoms with Crippen LogP contribution in [0.5, 0.6) is 0 Å². The zero-order chi connectivity index (χ0) is 12.8. The third kappa shape index (κ3) is 1.78. The van der Waals surface area contributed by atoms with Crippen LogP contribution in [0.25, 0.3) is 0 Å². The third-order valence-corrected chi connectivity index (χ3v) is 2.26. The Labute approximate surface area is 91.7 Å². The second kappa shape index (κ2) is 3.55. The number of halogens is 3. The predicted octanol–water partition coefficient (Wildman–Crippen LogP) is -0.252. The molecule has 0 aromatic carbocycles. The zero-order valence-corrected chi connectivity index (χ0v) is 8.15. The monoisotopic (exact) mass is 249 g/mol. The number of alkyl halides is 3. The van der Waals surface area contributed by atoms with Gasteiger partial charge in [0.1, 0.15) is 6.04 Å². The highest BCUT2D eigenvalue weighted by molar-refractivity contribution is 5.96. The van der Waals surface area contributed by atoms with Crippen molar-refractivity contribution in [1.82, 2.24) is 9.55 Å². The Hall–Kier alpha value is -1.90. The number of hydrogen-bond donors (Lipinski definition) is 2. The fourth-order valence-electron chi connectivity index (χ4n) is 1.50. The normalized spacial score (nSPS) is 19.1. The Morgan fingerprint density at radius 2 is 2.12 bits per heavy atom. The highest BCUT2D eigenvalue weighted by atomic mass is 19.4. The number of anilines is 1. The van der Waals surface area contributed by atoms with Gasteiger partial charge in [-0.3, -0.25) is 19.5 Å². The molecular weight excluding hydrogens is 243 g/mol. The first kappa shape index (κ1) is 11.6. The van der Waals surface area contributed by atoms with Gasteiger partial charge in [0.15, 0.2) is 5.69 Å². The van der Waals surface area contributed by atoms with E-state index in [-0.39, 0.29) is 6.07 Å². The minimum Gasteiger partial charge on any atom is -0.394 e. The van der Waals surface area contributed by atoms with Gasteiger partial charge in [-0.2, -0.15) is 13.2 Å². The standard InChI is InChI=1S/C8H6F3N3O3/c9-8(10,11)4-1-5(16)14-3(2-15)6(17)13-7(14)12-4/h1,3,15H,2H2,(H,12,13,17). The van der Waals surface area contributed by atoms with Crippen LogP contribution in [0.4, 0.5) is 19.1 Å². The van der Waals surface area contributed by atoms with Gasteiger partial charge in [-0.15, -0.1) is 0 Å². The molecule has 0 aliphatic carbocycles. The predicted molar refractivity (Wildman–Crippen MR) is 48.3 cm³/mol. The molecular formula is C8H6F3N3O3. The maximum Gasteiger partial charge on any atom is 0.433 e. The van der Waals surface area contributed by atoms with Gasteiger partial charge in [0.25, 0.3) is 11.5 Å². The van der Waals surface area contributed by atoms with E-state index < -0.39 is 41.9 Å². The van der Waals surface area contributed by atoms with E-state index in [2.05, 4.69) is 4.98 Å². The van der Waals surface area contributed by atoms with E-state index in [1.807, 2.05) is 5.32 Å². The summed E-state index contributed by atoms with van der Waals surface area (Å²) >= 11 is 0. The maximum atomic E-state index is 12.3. The summed E-state index contributed by atoms with van der Waals surface area (Å²) in [5, 5.41) is 10.9. The van der Waals surface area contributed by atoms with Gasteiger partial charge in [0, 0.05) is 6.07 Å². The summed E-state index contributed by atoms with van der Waals surface area (Å²) in [5.41, 5.74) is -2.42. The number of hydrogen-bond acceptors (Lipinski definition) is 4. The smallest absolute Gasteiger partial charge is 0.394 e. The van der Waals surface area contributed by atoms with Crippen LogP contribution in [0, 0.1) is 0 Å². The van der Waals surface area contributed by atoms with E-state index in [0.717, 1.165) is 0 Å². The van der Waals surface area contributed by atoms with Gasteiger partial charge in [-0.25, -0.2) is 4.98 Å². The number of aliphatic hydroxyl groups is 1. The molecule has 0 bridgehead atoms. The molecule has 1 aliphatic heterocycles. The van der Waals surface area contributed by atoms with E-state index in [4.69, 9.17) is 5.11 Å². The molecule has 0 saturated carbocycles. The van der Waals surface area contributed by atoms with Gasteiger partial charge >= 0.3 is 6.18 Å². The fourth-order valence-corrected chi connectivity index (χ4v) is 1.50. The Morgan fingerprint density at radius 1 is 1.47 bits per heavy atom. The minimum absolute atomic E-state index is 0.284. The molecule has 1 atom stereocenters. The molecule has 0 radical (unpaired) electrons. The van der Waals surface area contributed by atoms with Crippen molar-refractivity contribution < 1.29 is 23.1 Å². The van der Waals surface area contributed by atoms with Crippen molar-refractivity contribution in [1.29, 1.82) is 0 Å². The number of carbonyl (C=O) groups is 1. The number of carbonyl (C=O) groups excluding carboxylic acids is 1. The highest BCUT2D eigenvalue weighted by Crippen LogP contribution is 2.29. The molecule has 9 heteroatoms. The summed E-state index contributed by atoms with van der Waals surface area (Å²) in [7, 11) is 0. The summed E-state index contributed by atoms with van der Waals surface area (Å²) in [6, 6.07) is -0.945. The molecule has 1 unspecified atom stereocenters. The van der Waals surface area contributed by atoms with Crippen molar-refractivity contribution >= 4 is 11.9 Å². The van der Waals surface area contributed by atoms with E-state index >= 15 is 0 Å². The van der Waals surface area contributed by atoms with Crippen LogP contribution in [0.3, 0.4) is 0 Å². The first-order valence-corrected chi connectivity index (χ1v) is 4.47. The van der Waals surface area contributed by atoms with Crippen LogP contribution in [0.2, 0.25) is 0 Å². The van der Waals surface area contributed by atoms with Crippen molar-refractivity contribution in [2.45, 2.75) is 12.2 Å². The number of nitrogens with one attached hydrogen (secondary N) is 1. The minimum atomic E-state index is -4.77. The largest absolute Gasteiger partial charge is 0.433 e. The van der Waals surface area contributed by atoms with Crippen molar-refractivity contribution in [2.75, 3.05) is 11.9 Å². The van der Waals surface area contributed by atoms with E-state index in [1.54, 1.807) is 0 Å². The summed E-state index contributed by atoms with van der Waals surface area (Å²) in [6.07, 6.45) is -4.77. The van der Waals surface area contributed by atoms with Crippen molar-refractivity contribution in [2.24, 2.45) is 0 Å². The fraction of sp³-hybridized carbons (Fsp3) is 0.375. The van der Waals surface area contributed by atoms with Gasteiger partial charge in [0.05, 0.1) is 6.61 Å². The average Bonchev–Trinajstić information content (AvgIpc) is 2.52. The lowest BCUT2D eigenvalue weighted by molar-refractivity contribution is -0.141. The number of aromatic nitrogens is 2. The zero-order valence-electron chi connectivity index (χ0n) is 8.15. The molecule has 1 aromatic rings. The third-order valence-electron chi connectivity index (χ3n) is 2.26. The summed E-state index contributed by atoms with van der Waals surface area (Å²) < 4.78 is 37.7. The molecule has 1 aromatic heterocycles. The van der Waals surface area contributed by atoms with Crippen LogP contribution < -0.4 is 10.9 Å². The van der Waals surface area contributed by atoms with Crippen molar-refractivity contribution in [3.63, 3.8) is 0 Å². The van der Waals surface area contributed by atoms with E-state index in [0.29, 0.717) is 4.57 Å². The molecule has 92 valence electrons. The Balaban J connectivity index is 2.60. The van der Waals surface area contributed by atoms with E-state index in [9.17, 15) is 22.8 Å². The molecule has 6 nitrogen and oxygen atoms in total. The van der Waals surface area contributed by atoms with Crippen molar-refractivity contribution in [3.05, 3.63) is 22.1 Å². The van der Waals surface area contributed by atoms with Crippen LogP contribution in [0.15, 0.2) is 10.9 Å². The number of aliphatic hydroxyl groups excluding tert-OH is 1. The van der Waals surface area contributed by atoms with Crippen LogP contribution in [-0.2, 0) is 11.0 Å². The average molecular weight is 249 g/mol. The SMILES string of the molecule is O=C1Nc2nc(C(F)(F)F)cc(=O)n2C1CO. The molecule has 0 spiro atoms. The molecule has 0 fully saturated rings. The molecule has 0 saturated heterocycles. The quantitative estimate of drug-likeness (QED) is 0.718. The first-order chi connectivity index (χ1) is 7.84. The Morgan fingerprint density at radius 3 is 2.65 bits per heavy atom. The Bertz CT molecular complexity index is 537. The van der Waals surface area contributed by atoms with Gasteiger partial charge in [0.2, 0.25) is 5.95 Å². The summed E-state index contributed by atoms with van der Waals surface area (Å²) in [6.45, 7) is -0.689. The number of rotatable bonds is 1. The second-order valence-electron chi connectivity index (χ2n) is 3.36. The van der Waals surface area contributed by atoms with Gasteiger partial charge in [-0.1, -0.05) is 0 Å². The van der Waals surface area contributed by atoms with Crippen LogP contribution >= 0.6 is 0 Å². The molecule has 2 heterocycles. The lowest BCUT2D eigenvalue weighted by Crippen LogP contribution is -2.28. The maximum absolute atomic E-state index is 12.3. The molecule has 2 rings (SSSR count). The van der Waals surface area contributed by atoms with Gasteiger partial charge < -0.3 is 5.11 Å². The van der Waals surface area contributed by atoms with Crippen LogP contribution in [0.1, 0.15) is 11.7 Å². The number of fused-ring (bicyclic) bond motifs is 1. The molecule has 2 N–H and O–H groups in total. The summed E-state index contributed by atoms with van der Waals surface area (Å²) in [4.78, 5) is 25.8. The summed E-state index contributed by atoms with van der Waals surface area (Å²) in [5.74, 6) is -1.27. The first-order valence-electron chi connectivity index (χ1n) is 4.47. The lowest BCUT2D eigenvalue weighted by Gasteiger charge is -2.09. The van der Waals surface area contributed by atoms with Crippen molar-refractivity contribution in [3.8, 4) is 0 Å². The number of nitrogens with zero attached hydrogens (tertiary/aromatic N) is 2. The number of amides is 1. The van der Waals surface area contributed by atoms with E-state index in [1.165, 1.54) is 0 Å². The Kier molecular flexibility index (Phi) is 2.42. The molecule has 17 heavy (non-hydrogen) atoms. The molecule has 1 aliphatic rings.